The summed E-state index contributed by atoms with van der Waals surface area (Å²) in [5.41, 5.74) is 0.976. The molecule has 0 fully saturated rings. The minimum absolute atomic E-state index is 0.0367. The number of benzene rings is 2. The highest BCUT2D eigenvalue weighted by Gasteiger charge is 2.19. The zero-order chi connectivity index (χ0) is 24.6. The number of hydrogen-bond donors (Lipinski definition) is 0. The van der Waals surface area contributed by atoms with Crippen LogP contribution < -0.4 is 20.7 Å². The molecule has 2 heterocycles. The Hall–Kier alpha value is -4.20. The minimum atomic E-state index is -0.553. The fourth-order valence-electron chi connectivity index (χ4n) is 3.94. The molecule has 0 saturated carbocycles. The zero-order valence-electron chi connectivity index (χ0n) is 19.1. The first-order valence-electron chi connectivity index (χ1n) is 10.6. The third-order valence-corrected chi connectivity index (χ3v) is 5.47. The average molecular weight is 462 g/mol. The van der Waals surface area contributed by atoms with Crippen molar-refractivity contribution in [2.45, 2.75) is 27.7 Å². The predicted molar refractivity (Wildman–Crippen MR) is 125 cm³/mol. The maximum atomic E-state index is 12.3. The van der Waals surface area contributed by atoms with Gasteiger partial charge in [-0.05, 0) is 63.1 Å². The van der Waals surface area contributed by atoms with E-state index in [4.69, 9.17) is 18.3 Å². The van der Waals surface area contributed by atoms with E-state index in [0.717, 1.165) is 0 Å². The number of fused-ring (bicyclic) bond motifs is 2. The molecule has 8 heteroatoms. The van der Waals surface area contributed by atoms with Crippen molar-refractivity contribution >= 4 is 33.5 Å². The normalized spacial score (nSPS) is 11.1. The van der Waals surface area contributed by atoms with Crippen molar-refractivity contribution in [2.75, 3.05) is 13.2 Å². The Morgan fingerprint density at radius 2 is 1.09 bits per heavy atom. The lowest BCUT2D eigenvalue weighted by Crippen LogP contribution is -2.13. The standard InChI is InChI=1S/C26H22O8/c1-13-11-21(29)33-25-17(13)5-7-19(23(25)15(3)27)31-9-10-32-20-8-6-18-14(2)12-22(30)34-26(18)24(20)16(4)28/h5-8,11-12H,9-10H2,1-4H3. The number of carbonyl (C=O) groups excluding carboxylic acids is 2. The van der Waals surface area contributed by atoms with Gasteiger partial charge in [0.15, 0.2) is 22.7 Å². The third-order valence-electron chi connectivity index (χ3n) is 5.47. The molecular weight excluding hydrogens is 440 g/mol. The van der Waals surface area contributed by atoms with Gasteiger partial charge >= 0.3 is 11.3 Å². The first-order chi connectivity index (χ1) is 16.2. The molecule has 0 bridgehead atoms. The summed E-state index contributed by atoms with van der Waals surface area (Å²) >= 11 is 0. The first kappa shape index (κ1) is 23.0. The molecule has 34 heavy (non-hydrogen) atoms. The lowest BCUT2D eigenvalue weighted by atomic mass is 10.0. The van der Waals surface area contributed by atoms with Crippen molar-refractivity contribution in [1.29, 1.82) is 0 Å². The SMILES string of the molecule is CC(=O)c1c(OCCOc2ccc3c(C)cc(=O)oc3c2C(C)=O)ccc2c(C)cc(=O)oc12. The minimum Gasteiger partial charge on any atom is -0.489 e. The Morgan fingerprint density at radius 3 is 1.44 bits per heavy atom. The Bertz CT molecular complexity index is 1450. The second-order valence-electron chi connectivity index (χ2n) is 7.94. The van der Waals surface area contributed by atoms with Gasteiger partial charge in [-0.25, -0.2) is 9.59 Å². The van der Waals surface area contributed by atoms with Crippen molar-refractivity contribution in [2.24, 2.45) is 0 Å². The van der Waals surface area contributed by atoms with Gasteiger partial charge in [0.05, 0.1) is 0 Å². The molecule has 2 aromatic carbocycles. The molecule has 0 amide bonds. The number of hydrogen-bond acceptors (Lipinski definition) is 8. The van der Waals surface area contributed by atoms with E-state index >= 15 is 0 Å². The number of rotatable bonds is 7. The van der Waals surface area contributed by atoms with Crippen LogP contribution in [0.3, 0.4) is 0 Å². The average Bonchev–Trinajstić information content (AvgIpc) is 2.75. The second-order valence-corrected chi connectivity index (χ2v) is 7.94. The van der Waals surface area contributed by atoms with Crippen LogP contribution in [0, 0.1) is 13.8 Å². The number of ether oxygens (including phenoxy) is 2. The van der Waals surface area contributed by atoms with Crippen molar-refractivity contribution in [3.8, 4) is 11.5 Å². The van der Waals surface area contributed by atoms with Crippen LogP contribution in [0.5, 0.6) is 11.5 Å². The van der Waals surface area contributed by atoms with Crippen LogP contribution in [-0.4, -0.2) is 24.8 Å². The largest absolute Gasteiger partial charge is 0.489 e. The van der Waals surface area contributed by atoms with Crippen LogP contribution in [0.25, 0.3) is 21.9 Å². The number of ketones is 2. The van der Waals surface area contributed by atoms with Crippen LogP contribution in [0.2, 0.25) is 0 Å². The molecule has 0 spiro atoms. The van der Waals surface area contributed by atoms with E-state index in [9.17, 15) is 19.2 Å². The summed E-state index contributed by atoms with van der Waals surface area (Å²) in [5.74, 6) is -0.114. The molecule has 0 radical (unpaired) electrons. The summed E-state index contributed by atoms with van der Waals surface area (Å²) in [4.78, 5) is 48.3. The fourth-order valence-corrected chi connectivity index (χ4v) is 3.94. The molecule has 0 aliphatic heterocycles. The van der Waals surface area contributed by atoms with Crippen LogP contribution in [-0.2, 0) is 0 Å². The lowest BCUT2D eigenvalue weighted by Gasteiger charge is -2.14. The van der Waals surface area contributed by atoms with Crippen molar-refractivity contribution < 1.29 is 27.9 Å². The molecule has 0 saturated heterocycles. The molecule has 2 aromatic heterocycles. The topological polar surface area (TPSA) is 113 Å². The Kier molecular flexibility index (Phi) is 6.06. The molecule has 4 rings (SSSR count). The summed E-state index contributed by atoms with van der Waals surface area (Å²) in [7, 11) is 0. The predicted octanol–water partition coefficient (Wildman–Crippen LogP) is 4.38. The molecule has 0 aliphatic carbocycles. The first-order valence-corrected chi connectivity index (χ1v) is 10.6. The summed E-state index contributed by atoms with van der Waals surface area (Å²) < 4.78 is 22.1. The smallest absolute Gasteiger partial charge is 0.336 e. The van der Waals surface area contributed by atoms with Crippen LogP contribution >= 0.6 is 0 Å². The molecule has 0 unspecified atom stereocenters. The third kappa shape index (κ3) is 4.22. The zero-order valence-corrected chi connectivity index (χ0v) is 19.1. The molecule has 0 N–H and O–H groups in total. The van der Waals surface area contributed by atoms with E-state index in [1.807, 2.05) is 0 Å². The molecule has 174 valence electrons. The summed E-state index contributed by atoms with van der Waals surface area (Å²) in [6.07, 6.45) is 0. The van der Waals surface area contributed by atoms with E-state index in [-0.39, 0.29) is 58.6 Å². The maximum Gasteiger partial charge on any atom is 0.336 e. The van der Waals surface area contributed by atoms with Crippen molar-refractivity contribution in [3.63, 3.8) is 0 Å². The summed E-state index contributed by atoms with van der Waals surface area (Å²) in [5, 5.41) is 1.29. The monoisotopic (exact) mass is 462 g/mol. The van der Waals surface area contributed by atoms with E-state index < -0.39 is 11.3 Å². The highest BCUT2D eigenvalue weighted by molar-refractivity contribution is 6.08. The molecule has 0 atom stereocenters. The summed E-state index contributed by atoms with van der Waals surface area (Å²) in [6, 6.07) is 9.44. The molecule has 8 nitrogen and oxygen atoms in total. The van der Waals surface area contributed by atoms with Crippen molar-refractivity contribution in [1.82, 2.24) is 0 Å². The molecule has 4 aromatic rings. The lowest BCUT2D eigenvalue weighted by molar-refractivity contribution is 0.0997. The van der Waals surface area contributed by atoms with E-state index in [0.29, 0.717) is 21.9 Å². The van der Waals surface area contributed by atoms with Gasteiger partial charge in [0, 0.05) is 22.9 Å². The fraction of sp³-hybridized carbons (Fsp3) is 0.231. The van der Waals surface area contributed by atoms with Crippen LogP contribution in [0.15, 0.2) is 54.8 Å². The highest BCUT2D eigenvalue weighted by Crippen LogP contribution is 2.31. The van der Waals surface area contributed by atoms with Crippen LogP contribution in [0.4, 0.5) is 0 Å². The van der Waals surface area contributed by atoms with Crippen molar-refractivity contribution in [3.05, 3.63) is 79.5 Å². The second kappa shape index (κ2) is 8.97. The summed E-state index contributed by atoms with van der Waals surface area (Å²) in [6.45, 7) is 6.33. The van der Waals surface area contributed by atoms with Gasteiger partial charge in [-0.2, -0.15) is 0 Å². The van der Waals surface area contributed by atoms with Gasteiger partial charge in [-0.15, -0.1) is 0 Å². The number of Topliss-reactive ketones (excluding diaryl/α,β-unsaturated/α-hetero) is 2. The Balaban J connectivity index is 1.60. The van der Waals surface area contributed by atoms with Gasteiger partial charge in [-0.3, -0.25) is 9.59 Å². The van der Waals surface area contributed by atoms with Gasteiger partial charge in [0.2, 0.25) is 0 Å². The quantitative estimate of drug-likeness (QED) is 0.226. The van der Waals surface area contributed by atoms with Gasteiger partial charge in [0.1, 0.15) is 35.8 Å². The van der Waals surface area contributed by atoms with E-state index in [1.54, 1.807) is 38.1 Å². The molecule has 0 aliphatic rings. The van der Waals surface area contributed by atoms with Gasteiger partial charge in [-0.1, -0.05) is 0 Å². The van der Waals surface area contributed by atoms with E-state index in [2.05, 4.69) is 0 Å². The number of aryl methyl sites for hydroxylation is 2. The van der Waals surface area contributed by atoms with Gasteiger partial charge < -0.3 is 18.3 Å². The maximum absolute atomic E-state index is 12.3. The molecular formula is C26H22O8. The van der Waals surface area contributed by atoms with Gasteiger partial charge in [0.25, 0.3) is 0 Å². The Morgan fingerprint density at radius 1 is 0.706 bits per heavy atom. The Labute approximate surface area is 193 Å². The highest BCUT2D eigenvalue weighted by atomic mass is 16.5. The number of carbonyl (C=O) groups is 2. The van der Waals surface area contributed by atoms with Crippen LogP contribution in [0.1, 0.15) is 45.7 Å². The van der Waals surface area contributed by atoms with E-state index in [1.165, 1.54) is 26.0 Å².